The van der Waals surface area contributed by atoms with Crippen LogP contribution in [0.25, 0.3) is 0 Å². The summed E-state index contributed by atoms with van der Waals surface area (Å²) in [7, 11) is 0. The van der Waals surface area contributed by atoms with Gasteiger partial charge in [0.2, 0.25) is 0 Å². The summed E-state index contributed by atoms with van der Waals surface area (Å²) >= 11 is 0. The molecule has 0 spiro atoms. The van der Waals surface area contributed by atoms with E-state index in [1.807, 2.05) is 19.1 Å². The third-order valence-corrected chi connectivity index (χ3v) is 3.32. The van der Waals surface area contributed by atoms with E-state index in [9.17, 15) is 9.18 Å². The number of aryl methyl sites for hydroxylation is 1. The zero-order chi connectivity index (χ0) is 16.9. The minimum atomic E-state index is -0.379. The standard InChI is InChI=1S/C18H15FN4O/c1-12-5-4-6-13(11-12)18(24)21-17-10-9-16(22-23-17)20-15-8-3-2-7-14(15)19/h2-11H,1H3,(H,20,22)(H,21,23,24). The second kappa shape index (κ2) is 6.87. The summed E-state index contributed by atoms with van der Waals surface area (Å²) < 4.78 is 13.6. The number of anilines is 3. The average molecular weight is 322 g/mol. The number of carbonyl (C=O) groups excluding carboxylic acids is 1. The van der Waals surface area contributed by atoms with Gasteiger partial charge in [-0.3, -0.25) is 4.79 Å². The maximum atomic E-state index is 13.6. The fraction of sp³-hybridized carbons (Fsp3) is 0.0556. The summed E-state index contributed by atoms with van der Waals surface area (Å²) in [6.07, 6.45) is 0. The topological polar surface area (TPSA) is 66.9 Å². The molecule has 2 N–H and O–H groups in total. The number of amides is 1. The lowest BCUT2D eigenvalue weighted by Crippen LogP contribution is -2.13. The van der Waals surface area contributed by atoms with Crippen molar-refractivity contribution in [2.24, 2.45) is 0 Å². The number of halogens is 1. The van der Waals surface area contributed by atoms with Crippen LogP contribution in [0, 0.1) is 12.7 Å². The van der Waals surface area contributed by atoms with Crippen molar-refractivity contribution >= 4 is 23.2 Å². The molecule has 6 heteroatoms. The molecule has 0 bridgehead atoms. The van der Waals surface area contributed by atoms with Crippen LogP contribution in [-0.2, 0) is 0 Å². The average Bonchev–Trinajstić information content (AvgIpc) is 2.58. The quantitative estimate of drug-likeness (QED) is 0.764. The Labute approximate surface area is 138 Å². The van der Waals surface area contributed by atoms with E-state index in [0.717, 1.165) is 5.56 Å². The molecule has 1 heterocycles. The molecule has 0 fully saturated rings. The SMILES string of the molecule is Cc1cccc(C(=O)Nc2ccc(Nc3ccccc3F)nn2)c1. The zero-order valence-corrected chi connectivity index (χ0v) is 13.0. The minimum absolute atomic E-state index is 0.261. The van der Waals surface area contributed by atoms with E-state index < -0.39 is 0 Å². The first kappa shape index (κ1) is 15.6. The van der Waals surface area contributed by atoms with Gasteiger partial charge in [-0.1, -0.05) is 29.8 Å². The lowest BCUT2D eigenvalue weighted by atomic mass is 10.1. The summed E-state index contributed by atoms with van der Waals surface area (Å²) in [5, 5.41) is 13.4. The van der Waals surface area contributed by atoms with Crippen molar-refractivity contribution in [3.63, 3.8) is 0 Å². The normalized spacial score (nSPS) is 10.2. The Kier molecular flexibility index (Phi) is 4.47. The predicted molar refractivity (Wildman–Crippen MR) is 90.8 cm³/mol. The first-order chi connectivity index (χ1) is 11.6. The van der Waals surface area contributed by atoms with E-state index in [4.69, 9.17) is 0 Å². The Bertz CT molecular complexity index is 865. The van der Waals surface area contributed by atoms with Crippen molar-refractivity contribution in [2.75, 3.05) is 10.6 Å². The molecule has 24 heavy (non-hydrogen) atoms. The highest BCUT2D eigenvalue weighted by molar-refractivity contribution is 6.03. The Balaban J connectivity index is 1.68. The maximum Gasteiger partial charge on any atom is 0.256 e. The van der Waals surface area contributed by atoms with E-state index in [0.29, 0.717) is 22.9 Å². The number of para-hydroxylation sites is 1. The van der Waals surface area contributed by atoms with Gasteiger partial charge >= 0.3 is 0 Å². The minimum Gasteiger partial charge on any atom is -0.336 e. The monoisotopic (exact) mass is 322 g/mol. The van der Waals surface area contributed by atoms with Crippen molar-refractivity contribution in [1.29, 1.82) is 0 Å². The Hall–Kier alpha value is -3.28. The van der Waals surface area contributed by atoms with E-state index >= 15 is 0 Å². The number of aromatic nitrogens is 2. The van der Waals surface area contributed by atoms with Crippen LogP contribution in [0.2, 0.25) is 0 Å². The van der Waals surface area contributed by atoms with Crippen LogP contribution in [0.1, 0.15) is 15.9 Å². The molecule has 0 aliphatic carbocycles. The van der Waals surface area contributed by atoms with Crippen LogP contribution in [0.4, 0.5) is 21.7 Å². The number of rotatable bonds is 4. The van der Waals surface area contributed by atoms with Crippen LogP contribution in [0.3, 0.4) is 0 Å². The molecule has 3 aromatic rings. The molecule has 1 aromatic heterocycles. The van der Waals surface area contributed by atoms with Crippen molar-refractivity contribution in [3.8, 4) is 0 Å². The van der Waals surface area contributed by atoms with E-state index in [2.05, 4.69) is 20.8 Å². The largest absolute Gasteiger partial charge is 0.336 e. The summed E-state index contributed by atoms with van der Waals surface area (Å²) in [6, 6.07) is 16.7. The van der Waals surface area contributed by atoms with Gasteiger partial charge < -0.3 is 10.6 Å². The second-order valence-electron chi connectivity index (χ2n) is 5.23. The Morgan fingerprint density at radius 2 is 1.71 bits per heavy atom. The van der Waals surface area contributed by atoms with Crippen LogP contribution in [0.15, 0.2) is 60.7 Å². The number of hydrogen-bond donors (Lipinski definition) is 2. The number of nitrogens with zero attached hydrogens (tertiary/aromatic N) is 2. The zero-order valence-electron chi connectivity index (χ0n) is 13.0. The van der Waals surface area contributed by atoms with Crippen molar-refractivity contribution in [2.45, 2.75) is 6.92 Å². The van der Waals surface area contributed by atoms with Crippen LogP contribution in [0.5, 0.6) is 0 Å². The highest BCUT2D eigenvalue weighted by Crippen LogP contribution is 2.18. The molecule has 3 rings (SSSR count). The van der Waals surface area contributed by atoms with Crippen molar-refractivity contribution in [1.82, 2.24) is 10.2 Å². The molecular weight excluding hydrogens is 307 g/mol. The smallest absolute Gasteiger partial charge is 0.256 e. The molecule has 0 aliphatic rings. The molecule has 2 aromatic carbocycles. The summed E-state index contributed by atoms with van der Waals surface area (Å²) in [5.41, 5.74) is 1.85. The number of benzene rings is 2. The number of carbonyl (C=O) groups is 1. The predicted octanol–water partition coefficient (Wildman–Crippen LogP) is 3.92. The first-order valence-corrected chi connectivity index (χ1v) is 7.35. The van der Waals surface area contributed by atoms with Crippen LogP contribution < -0.4 is 10.6 Å². The van der Waals surface area contributed by atoms with Crippen LogP contribution in [-0.4, -0.2) is 16.1 Å². The molecule has 0 saturated carbocycles. The molecule has 0 unspecified atom stereocenters. The summed E-state index contributed by atoms with van der Waals surface area (Å²) in [4.78, 5) is 12.1. The lowest BCUT2D eigenvalue weighted by Gasteiger charge is -2.07. The van der Waals surface area contributed by atoms with Gasteiger partial charge in [-0.2, -0.15) is 0 Å². The van der Waals surface area contributed by atoms with Crippen LogP contribution >= 0.6 is 0 Å². The Morgan fingerprint density at radius 3 is 2.42 bits per heavy atom. The molecule has 1 amide bonds. The van der Waals surface area contributed by atoms with Gasteiger partial charge in [0.1, 0.15) is 5.82 Å². The fourth-order valence-corrected chi connectivity index (χ4v) is 2.14. The van der Waals surface area contributed by atoms with E-state index in [-0.39, 0.29) is 11.7 Å². The van der Waals surface area contributed by atoms with E-state index in [1.165, 1.54) is 6.07 Å². The Morgan fingerprint density at radius 1 is 0.958 bits per heavy atom. The van der Waals surface area contributed by atoms with Gasteiger partial charge in [0.25, 0.3) is 5.91 Å². The molecule has 120 valence electrons. The maximum absolute atomic E-state index is 13.6. The van der Waals surface area contributed by atoms with Gasteiger partial charge in [-0.15, -0.1) is 10.2 Å². The lowest BCUT2D eigenvalue weighted by molar-refractivity contribution is 0.102. The van der Waals surface area contributed by atoms with Gasteiger partial charge in [-0.25, -0.2) is 4.39 Å². The molecule has 5 nitrogen and oxygen atoms in total. The summed E-state index contributed by atoms with van der Waals surface area (Å²) in [5.74, 6) is 0.0631. The molecular formula is C18H15FN4O. The van der Waals surface area contributed by atoms with Gasteiger partial charge in [0.05, 0.1) is 5.69 Å². The fourth-order valence-electron chi connectivity index (χ4n) is 2.14. The third kappa shape index (κ3) is 3.73. The molecule has 0 aliphatic heterocycles. The van der Waals surface area contributed by atoms with Crippen molar-refractivity contribution in [3.05, 3.63) is 77.6 Å². The van der Waals surface area contributed by atoms with Gasteiger partial charge in [-0.05, 0) is 43.3 Å². The second-order valence-corrected chi connectivity index (χ2v) is 5.23. The van der Waals surface area contributed by atoms with Gasteiger partial charge in [0.15, 0.2) is 11.6 Å². The van der Waals surface area contributed by atoms with Gasteiger partial charge in [0, 0.05) is 5.56 Å². The molecule has 0 atom stereocenters. The highest BCUT2D eigenvalue weighted by Gasteiger charge is 2.08. The third-order valence-electron chi connectivity index (χ3n) is 3.32. The molecule has 0 saturated heterocycles. The van der Waals surface area contributed by atoms with E-state index in [1.54, 1.807) is 42.5 Å². The molecule has 0 radical (unpaired) electrons. The highest BCUT2D eigenvalue weighted by atomic mass is 19.1. The summed E-state index contributed by atoms with van der Waals surface area (Å²) in [6.45, 7) is 1.92. The number of nitrogens with one attached hydrogen (secondary N) is 2. The first-order valence-electron chi connectivity index (χ1n) is 7.35. The number of hydrogen-bond acceptors (Lipinski definition) is 4. The van der Waals surface area contributed by atoms with Crippen molar-refractivity contribution < 1.29 is 9.18 Å².